The minimum Gasteiger partial charge on any atom is -0.495 e. The number of anilines is 1. The molecule has 120 valence electrons. The maximum Gasteiger partial charge on any atom is 0.238 e. The lowest BCUT2D eigenvalue weighted by molar-refractivity contribution is 0.127. The molecule has 0 amide bonds. The number of aliphatic hydroxyl groups excluding tert-OH is 1. The summed E-state index contributed by atoms with van der Waals surface area (Å²) in [4.78, 5) is 0.0217. The Bertz CT molecular complexity index is 560. The van der Waals surface area contributed by atoms with Crippen LogP contribution < -0.4 is 15.2 Å². The number of hydrogen-bond acceptors (Lipinski definition) is 5. The third-order valence-electron chi connectivity index (χ3n) is 3.99. The van der Waals surface area contributed by atoms with Gasteiger partial charge in [0, 0.05) is 12.0 Å². The normalized spacial score (nSPS) is 12.2. The van der Waals surface area contributed by atoms with Gasteiger partial charge in [-0.25, -0.2) is 13.6 Å². The van der Waals surface area contributed by atoms with Crippen LogP contribution in [0.5, 0.6) is 5.75 Å². The third kappa shape index (κ3) is 4.33. The van der Waals surface area contributed by atoms with Crippen LogP contribution in [0.1, 0.15) is 26.7 Å². The highest BCUT2D eigenvalue weighted by Gasteiger charge is 2.25. The molecule has 0 atom stereocenters. The number of nitrogens with two attached hydrogens (primary N) is 1. The fourth-order valence-electron chi connectivity index (χ4n) is 2.06. The molecule has 0 fully saturated rings. The quantitative estimate of drug-likeness (QED) is 0.675. The first kappa shape index (κ1) is 17.7. The van der Waals surface area contributed by atoms with Crippen LogP contribution in [0.25, 0.3) is 0 Å². The lowest BCUT2D eigenvalue weighted by Gasteiger charge is -2.30. The predicted molar refractivity (Wildman–Crippen MR) is 83.0 cm³/mol. The second kappa shape index (κ2) is 7.11. The Balaban J connectivity index is 3.06. The van der Waals surface area contributed by atoms with E-state index in [9.17, 15) is 13.5 Å². The Kier molecular flexibility index (Phi) is 6.00. The molecule has 0 aliphatic rings. The molecule has 0 radical (unpaired) electrons. The van der Waals surface area contributed by atoms with Crippen LogP contribution in [-0.2, 0) is 10.0 Å². The number of benzene rings is 1. The molecule has 0 heterocycles. The van der Waals surface area contributed by atoms with Crippen molar-refractivity contribution >= 4 is 15.7 Å². The highest BCUT2D eigenvalue weighted by atomic mass is 32.2. The van der Waals surface area contributed by atoms with Crippen molar-refractivity contribution < 1.29 is 18.3 Å². The van der Waals surface area contributed by atoms with Crippen LogP contribution in [-0.4, -0.2) is 33.8 Å². The monoisotopic (exact) mass is 316 g/mol. The zero-order valence-electron chi connectivity index (χ0n) is 12.7. The van der Waals surface area contributed by atoms with Gasteiger partial charge in [0.1, 0.15) is 5.75 Å². The molecule has 0 spiro atoms. The highest BCUT2D eigenvalue weighted by Crippen LogP contribution is 2.31. The number of ether oxygens (including phenoxy) is 1. The molecule has 0 bridgehead atoms. The Morgan fingerprint density at radius 2 is 1.95 bits per heavy atom. The van der Waals surface area contributed by atoms with E-state index >= 15 is 0 Å². The minimum absolute atomic E-state index is 0.0217. The first-order chi connectivity index (χ1) is 9.81. The Morgan fingerprint density at radius 3 is 2.38 bits per heavy atom. The van der Waals surface area contributed by atoms with Crippen molar-refractivity contribution in [1.29, 1.82) is 0 Å². The van der Waals surface area contributed by atoms with Crippen LogP contribution in [0.4, 0.5) is 5.69 Å². The second-order valence-corrected chi connectivity index (χ2v) is 6.69. The summed E-state index contributed by atoms with van der Waals surface area (Å²) in [6.45, 7) is 4.60. The van der Waals surface area contributed by atoms with E-state index in [1.165, 1.54) is 19.2 Å². The number of primary sulfonamides is 1. The summed E-state index contributed by atoms with van der Waals surface area (Å²) < 4.78 is 28.1. The van der Waals surface area contributed by atoms with Crippen molar-refractivity contribution in [2.75, 3.05) is 25.6 Å². The van der Waals surface area contributed by atoms with Crippen molar-refractivity contribution in [3.8, 4) is 5.75 Å². The van der Waals surface area contributed by atoms with Gasteiger partial charge in [-0.3, -0.25) is 0 Å². The molecule has 0 aliphatic carbocycles. The average molecular weight is 316 g/mol. The molecular weight excluding hydrogens is 292 g/mol. The second-order valence-electron chi connectivity index (χ2n) is 5.13. The predicted octanol–water partition coefficient (Wildman–Crippen LogP) is 1.55. The Morgan fingerprint density at radius 1 is 1.33 bits per heavy atom. The standard InChI is InChI=1S/C14H24N2O4S/c1-4-14(5-2,10-17)9-16-12-8-11(21(15,18)19)6-7-13(12)20-3/h6-8,16-17H,4-5,9-10H2,1-3H3,(H2,15,18,19). The van der Waals surface area contributed by atoms with Gasteiger partial charge >= 0.3 is 0 Å². The first-order valence-electron chi connectivity index (χ1n) is 6.87. The van der Waals surface area contributed by atoms with E-state index in [0.717, 1.165) is 12.8 Å². The Labute approximate surface area is 126 Å². The first-order valence-corrected chi connectivity index (χ1v) is 8.42. The molecule has 1 aromatic rings. The van der Waals surface area contributed by atoms with E-state index in [4.69, 9.17) is 9.88 Å². The Hall–Kier alpha value is -1.31. The van der Waals surface area contributed by atoms with E-state index in [1.807, 2.05) is 13.8 Å². The van der Waals surface area contributed by atoms with E-state index in [1.54, 1.807) is 6.07 Å². The topological polar surface area (TPSA) is 102 Å². The molecule has 21 heavy (non-hydrogen) atoms. The molecule has 0 aromatic heterocycles. The molecule has 0 unspecified atom stereocenters. The van der Waals surface area contributed by atoms with Gasteiger partial charge in [-0.1, -0.05) is 13.8 Å². The molecule has 0 saturated carbocycles. The van der Waals surface area contributed by atoms with E-state index in [2.05, 4.69) is 5.32 Å². The maximum atomic E-state index is 11.4. The molecule has 1 aromatic carbocycles. The van der Waals surface area contributed by atoms with Crippen LogP contribution >= 0.6 is 0 Å². The van der Waals surface area contributed by atoms with Gasteiger partial charge in [0.25, 0.3) is 0 Å². The lowest BCUT2D eigenvalue weighted by Crippen LogP contribution is -2.32. The number of aliphatic hydroxyl groups is 1. The summed E-state index contributed by atoms with van der Waals surface area (Å²) in [7, 11) is -2.26. The van der Waals surface area contributed by atoms with E-state index < -0.39 is 10.0 Å². The minimum atomic E-state index is -3.77. The largest absolute Gasteiger partial charge is 0.495 e. The molecule has 7 heteroatoms. The molecule has 4 N–H and O–H groups in total. The van der Waals surface area contributed by atoms with Crippen molar-refractivity contribution in [3.63, 3.8) is 0 Å². The van der Waals surface area contributed by atoms with Crippen LogP contribution in [0, 0.1) is 5.41 Å². The summed E-state index contributed by atoms with van der Waals surface area (Å²) in [5.74, 6) is 0.529. The average Bonchev–Trinajstić information content (AvgIpc) is 2.48. The molecular formula is C14H24N2O4S. The summed E-state index contributed by atoms with van der Waals surface area (Å²) >= 11 is 0. The number of methoxy groups -OCH3 is 1. The summed E-state index contributed by atoms with van der Waals surface area (Å²) in [5.41, 5.74) is 0.298. The highest BCUT2D eigenvalue weighted by molar-refractivity contribution is 7.89. The van der Waals surface area contributed by atoms with Gasteiger partial charge in [0.05, 0.1) is 24.3 Å². The fraction of sp³-hybridized carbons (Fsp3) is 0.571. The molecule has 0 saturated heterocycles. The zero-order chi connectivity index (χ0) is 16.1. The van der Waals surface area contributed by atoms with Crippen LogP contribution in [0.3, 0.4) is 0 Å². The maximum absolute atomic E-state index is 11.4. The van der Waals surface area contributed by atoms with Gasteiger partial charge < -0.3 is 15.2 Å². The van der Waals surface area contributed by atoms with Crippen LogP contribution in [0.15, 0.2) is 23.1 Å². The van der Waals surface area contributed by atoms with E-state index in [-0.39, 0.29) is 16.9 Å². The van der Waals surface area contributed by atoms with Crippen molar-refractivity contribution in [2.45, 2.75) is 31.6 Å². The smallest absolute Gasteiger partial charge is 0.238 e. The van der Waals surface area contributed by atoms with Gasteiger partial charge in [-0.05, 0) is 31.0 Å². The molecule has 6 nitrogen and oxygen atoms in total. The lowest BCUT2D eigenvalue weighted by atomic mass is 9.83. The fourth-order valence-corrected chi connectivity index (χ4v) is 2.60. The number of hydrogen-bond donors (Lipinski definition) is 3. The van der Waals surface area contributed by atoms with Crippen molar-refractivity contribution in [3.05, 3.63) is 18.2 Å². The summed E-state index contributed by atoms with van der Waals surface area (Å²) in [6.07, 6.45) is 1.62. The summed E-state index contributed by atoms with van der Waals surface area (Å²) in [5, 5.41) is 17.9. The van der Waals surface area contributed by atoms with Crippen molar-refractivity contribution in [2.24, 2.45) is 10.6 Å². The van der Waals surface area contributed by atoms with E-state index in [0.29, 0.717) is 18.0 Å². The molecule has 0 aliphatic heterocycles. The number of nitrogens with one attached hydrogen (secondary N) is 1. The van der Waals surface area contributed by atoms with Crippen molar-refractivity contribution in [1.82, 2.24) is 0 Å². The SMILES string of the molecule is CCC(CC)(CO)CNc1cc(S(N)(=O)=O)ccc1OC. The van der Waals surface area contributed by atoms with Gasteiger partial charge in [-0.15, -0.1) is 0 Å². The third-order valence-corrected chi connectivity index (χ3v) is 4.90. The molecule has 1 rings (SSSR count). The summed E-state index contributed by atoms with van der Waals surface area (Å²) in [6, 6.07) is 4.40. The zero-order valence-corrected chi connectivity index (χ0v) is 13.5. The number of sulfonamides is 1. The van der Waals surface area contributed by atoms with Gasteiger partial charge in [-0.2, -0.15) is 0 Å². The van der Waals surface area contributed by atoms with Gasteiger partial charge in [0.15, 0.2) is 0 Å². The number of rotatable bonds is 8. The van der Waals surface area contributed by atoms with Crippen LogP contribution in [0.2, 0.25) is 0 Å². The van der Waals surface area contributed by atoms with Gasteiger partial charge in [0.2, 0.25) is 10.0 Å².